The molecule has 30 heavy (non-hydrogen) atoms. The van der Waals surface area contributed by atoms with Crippen molar-refractivity contribution in [2.75, 3.05) is 0 Å². The lowest BCUT2D eigenvalue weighted by molar-refractivity contribution is -0.158. The maximum atomic E-state index is 12.8. The van der Waals surface area contributed by atoms with Crippen LogP contribution < -0.4 is 10.6 Å². The minimum absolute atomic E-state index is 0.114. The monoisotopic (exact) mass is 412 g/mol. The number of amides is 2. The van der Waals surface area contributed by atoms with Crippen LogP contribution in [0, 0.1) is 24.7 Å². The molecular formula is C24H32N2O4. The molecule has 4 aliphatic rings. The quantitative estimate of drug-likeness (QED) is 0.703. The lowest BCUT2D eigenvalue weighted by Gasteiger charge is -2.57. The average molecular weight is 413 g/mol. The first-order chi connectivity index (χ1) is 14.2. The van der Waals surface area contributed by atoms with Gasteiger partial charge in [-0.2, -0.15) is 0 Å². The molecule has 0 saturated heterocycles. The van der Waals surface area contributed by atoms with Gasteiger partial charge in [0, 0.05) is 11.1 Å². The Morgan fingerprint density at radius 1 is 1.03 bits per heavy atom. The molecule has 1 aromatic carbocycles. The SMILES string of the molecule is Cc1cccc(C(=O)N[C@@H](C)C(=O)O[C@@H](C)C(=O)NC23CC4CC(CC(C4)C2)C3)c1. The summed E-state index contributed by atoms with van der Waals surface area (Å²) in [4.78, 5) is 37.6. The fourth-order valence-corrected chi connectivity index (χ4v) is 6.08. The summed E-state index contributed by atoms with van der Waals surface area (Å²) in [6.45, 7) is 5.07. The number of hydrogen-bond donors (Lipinski definition) is 2. The predicted molar refractivity (Wildman–Crippen MR) is 113 cm³/mol. The van der Waals surface area contributed by atoms with Crippen molar-refractivity contribution in [3.8, 4) is 0 Å². The van der Waals surface area contributed by atoms with Crippen molar-refractivity contribution in [2.45, 2.75) is 77.0 Å². The van der Waals surface area contributed by atoms with Gasteiger partial charge in [0.05, 0.1) is 0 Å². The Morgan fingerprint density at radius 2 is 1.63 bits per heavy atom. The Balaban J connectivity index is 1.29. The van der Waals surface area contributed by atoms with E-state index in [1.54, 1.807) is 32.0 Å². The van der Waals surface area contributed by atoms with Crippen LogP contribution >= 0.6 is 0 Å². The first-order valence-corrected chi connectivity index (χ1v) is 11.1. The summed E-state index contributed by atoms with van der Waals surface area (Å²) >= 11 is 0. The molecule has 6 nitrogen and oxygen atoms in total. The lowest BCUT2D eigenvalue weighted by Crippen LogP contribution is -2.61. The van der Waals surface area contributed by atoms with Gasteiger partial charge in [-0.1, -0.05) is 17.7 Å². The number of esters is 1. The molecule has 0 heterocycles. The Kier molecular flexibility index (Phi) is 5.60. The van der Waals surface area contributed by atoms with E-state index in [4.69, 9.17) is 4.74 Å². The smallest absolute Gasteiger partial charge is 0.329 e. The number of benzene rings is 1. The van der Waals surface area contributed by atoms with Crippen LogP contribution in [0.15, 0.2) is 24.3 Å². The Labute approximate surface area is 178 Å². The average Bonchev–Trinajstić information content (AvgIpc) is 2.66. The van der Waals surface area contributed by atoms with Crippen molar-refractivity contribution >= 4 is 17.8 Å². The van der Waals surface area contributed by atoms with E-state index in [0.29, 0.717) is 5.56 Å². The molecule has 4 aliphatic carbocycles. The molecule has 5 rings (SSSR count). The van der Waals surface area contributed by atoms with Gasteiger partial charge in [0.25, 0.3) is 11.8 Å². The molecule has 162 valence electrons. The van der Waals surface area contributed by atoms with E-state index in [0.717, 1.165) is 42.6 Å². The number of aryl methyl sites for hydroxylation is 1. The normalized spacial score (nSPS) is 31.0. The standard InChI is InChI=1S/C24H32N2O4/c1-14-5-4-6-20(7-14)22(28)25-15(2)23(29)30-16(3)21(27)26-24-11-17-8-18(12-24)10-19(9-17)13-24/h4-7,15-19H,8-13H2,1-3H3,(H,25,28)(H,26,27)/t15-,16-,17?,18?,19?,24?/m0/s1. The first kappa shape index (κ1) is 20.9. The second-order valence-corrected chi connectivity index (χ2v) is 9.83. The maximum absolute atomic E-state index is 12.8. The minimum atomic E-state index is -0.885. The van der Waals surface area contributed by atoms with E-state index >= 15 is 0 Å². The summed E-state index contributed by atoms with van der Waals surface area (Å²) in [6.07, 6.45) is 6.17. The van der Waals surface area contributed by atoms with E-state index in [1.165, 1.54) is 19.3 Å². The van der Waals surface area contributed by atoms with Gasteiger partial charge in [0.2, 0.25) is 0 Å². The molecule has 0 spiro atoms. The van der Waals surface area contributed by atoms with Crippen LogP contribution in [0.4, 0.5) is 0 Å². The van der Waals surface area contributed by atoms with Crippen molar-refractivity contribution in [3.05, 3.63) is 35.4 Å². The Bertz CT molecular complexity index is 814. The highest BCUT2D eigenvalue weighted by Gasteiger charge is 2.51. The molecule has 2 amide bonds. The van der Waals surface area contributed by atoms with Crippen molar-refractivity contribution in [1.82, 2.24) is 10.6 Å². The molecule has 2 N–H and O–H groups in total. The number of ether oxygens (including phenoxy) is 1. The number of rotatable bonds is 6. The zero-order valence-electron chi connectivity index (χ0n) is 18.1. The molecule has 0 aromatic heterocycles. The molecule has 0 unspecified atom stereocenters. The number of nitrogens with one attached hydrogen (secondary N) is 2. The highest BCUT2D eigenvalue weighted by molar-refractivity contribution is 5.97. The van der Waals surface area contributed by atoms with Crippen LogP contribution in [0.2, 0.25) is 0 Å². The Morgan fingerprint density at radius 3 is 2.20 bits per heavy atom. The second-order valence-electron chi connectivity index (χ2n) is 9.83. The van der Waals surface area contributed by atoms with Crippen molar-refractivity contribution in [1.29, 1.82) is 0 Å². The molecule has 0 radical (unpaired) electrons. The van der Waals surface area contributed by atoms with E-state index in [9.17, 15) is 14.4 Å². The van der Waals surface area contributed by atoms with Crippen molar-refractivity contribution < 1.29 is 19.1 Å². The van der Waals surface area contributed by atoms with Crippen molar-refractivity contribution in [3.63, 3.8) is 0 Å². The van der Waals surface area contributed by atoms with Gasteiger partial charge < -0.3 is 15.4 Å². The molecule has 6 heteroatoms. The predicted octanol–water partition coefficient (Wildman–Crippen LogP) is 3.13. The van der Waals surface area contributed by atoms with Crippen LogP contribution in [0.5, 0.6) is 0 Å². The molecule has 4 bridgehead atoms. The van der Waals surface area contributed by atoms with E-state index in [2.05, 4.69) is 10.6 Å². The third-order valence-corrected chi connectivity index (χ3v) is 7.07. The molecule has 2 atom stereocenters. The third kappa shape index (κ3) is 4.37. The zero-order chi connectivity index (χ0) is 21.5. The molecular weight excluding hydrogens is 380 g/mol. The minimum Gasteiger partial charge on any atom is -0.451 e. The fourth-order valence-electron chi connectivity index (χ4n) is 6.08. The first-order valence-electron chi connectivity index (χ1n) is 11.1. The van der Waals surface area contributed by atoms with Gasteiger partial charge in [-0.05, 0) is 89.2 Å². The molecule has 1 aromatic rings. The van der Waals surface area contributed by atoms with Crippen LogP contribution in [0.25, 0.3) is 0 Å². The van der Waals surface area contributed by atoms with Crippen LogP contribution in [0.1, 0.15) is 68.3 Å². The third-order valence-electron chi connectivity index (χ3n) is 7.07. The van der Waals surface area contributed by atoms with Gasteiger partial charge in [-0.15, -0.1) is 0 Å². The van der Waals surface area contributed by atoms with Crippen LogP contribution in [0.3, 0.4) is 0 Å². The summed E-state index contributed by atoms with van der Waals surface area (Å²) in [5.41, 5.74) is 1.34. The summed E-state index contributed by atoms with van der Waals surface area (Å²) in [7, 11) is 0. The molecule has 4 fully saturated rings. The van der Waals surface area contributed by atoms with Crippen molar-refractivity contribution in [2.24, 2.45) is 17.8 Å². The fraction of sp³-hybridized carbons (Fsp3) is 0.625. The maximum Gasteiger partial charge on any atom is 0.329 e. The van der Waals surface area contributed by atoms with Crippen LogP contribution in [-0.2, 0) is 14.3 Å². The van der Waals surface area contributed by atoms with E-state index in [-0.39, 0.29) is 17.4 Å². The van der Waals surface area contributed by atoms with E-state index < -0.39 is 18.1 Å². The highest BCUT2D eigenvalue weighted by atomic mass is 16.5. The van der Waals surface area contributed by atoms with Gasteiger partial charge >= 0.3 is 5.97 Å². The summed E-state index contributed by atoms with van der Waals surface area (Å²) in [6, 6.07) is 6.31. The summed E-state index contributed by atoms with van der Waals surface area (Å²) < 4.78 is 5.38. The van der Waals surface area contributed by atoms with Crippen LogP contribution in [-0.4, -0.2) is 35.5 Å². The van der Waals surface area contributed by atoms with Gasteiger partial charge in [-0.3, -0.25) is 9.59 Å². The lowest BCUT2D eigenvalue weighted by atomic mass is 9.53. The number of carbonyl (C=O) groups is 3. The van der Waals surface area contributed by atoms with Gasteiger partial charge in [0.15, 0.2) is 6.10 Å². The Hall–Kier alpha value is -2.37. The van der Waals surface area contributed by atoms with E-state index in [1.807, 2.05) is 13.0 Å². The molecule has 4 saturated carbocycles. The second kappa shape index (κ2) is 8.05. The highest BCUT2D eigenvalue weighted by Crippen LogP contribution is 2.55. The topological polar surface area (TPSA) is 84.5 Å². The molecule has 0 aliphatic heterocycles. The number of hydrogen-bond acceptors (Lipinski definition) is 4. The zero-order valence-corrected chi connectivity index (χ0v) is 18.1. The summed E-state index contributed by atoms with van der Waals surface area (Å²) in [5.74, 6) is 1.00. The van der Waals surface area contributed by atoms with Gasteiger partial charge in [-0.25, -0.2) is 4.79 Å². The number of carbonyl (C=O) groups excluding carboxylic acids is 3. The van der Waals surface area contributed by atoms with Gasteiger partial charge in [0.1, 0.15) is 6.04 Å². The largest absolute Gasteiger partial charge is 0.451 e. The summed E-state index contributed by atoms with van der Waals surface area (Å²) in [5, 5.41) is 5.89.